The number of nitrogens with zero attached hydrogens (tertiary/aromatic N) is 3. The van der Waals surface area contributed by atoms with Crippen LogP contribution in [0.5, 0.6) is 5.75 Å². The molecule has 0 saturated heterocycles. The van der Waals surface area contributed by atoms with Gasteiger partial charge < -0.3 is 14.8 Å². The van der Waals surface area contributed by atoms with Gasteiger partial charge in [0.15, 0.2) is 11.0 Å². The van der Waals surface area contributed by atoms with Gasteiger partial charge in [-0.15, -0.1) is 16.8 Å². The van der Waals surface area contributed by atoms with Gasteiger partial charge in [0.2, 0.25) is 5.91 Å². The van der Waals surface area contributed by atoms with E-state index in [1.807, 2.05) is 34.9 Å². The number of aromatic nitrogens is 3. The van der Waals surface area contributed by atoms with Crippen LogP contribution in [0.2, 0.25) is 5.02 Å². The molecule has 178 valence electrons. The van der Waals surface area contributed by atoms with Gasteiger partial charge in [-0.1, -0.05) is 47.6 Å². The third-order valence-electron chi connectivity index (χ3n) is 4.37. The Kier molecular flexibility index (Phi) is 9.12. The molecule has 34 heavy (non-hydrogen) atoms. The van der Waals surface area contributed by atoms with Gasteiger partial charge in [0.25, 0.3) is 0 Å². The summed E-state index contributed by atoms with van der Waals surface area (Å²) in [6, 6.07) is 14.0. The molecule has 1 aromatic heterocycles. The van der Waals surface area contributed by atoms with Crippen molar-refractivity contribution in [1.29, 1.82) is 0 Å². The molecule has 3 aromatic rings. The molecule has 1 N–H and O–H groups in total. The predicted molar refractivity (Wildman–Crippen MR) is 132 cm³/mol. The molecule has 2 aromatic carbocycles. The van der Waals surface area contributed by atoms with E-state index in [4.69, 9.17) is 21.1 Å². The maximum atomic E-state index is 12.6. The number of benzene rings is 2. The zero-order chi connectivity index (χ0) is 24.5. The summed E-state index contributed by atoms with van der Waals surface area (Å²) in [4.78, 5) is 24.7. The van der Waals surface area contributed by atoms with E-state index < -0.39 is 5.97 Å². The lowest BCUT2D eigenvalue weighted by Gasteiger charge is -2.11. The summed E-state index contributed by atoms with van der Waals surface area (Å²) in [5.74, 6) is 0.605. The first-order valence-corrected chi connectivity index (χ1v) is 11.9. The highest BCUT2D eigenvalue weighted by Crippen LogP contribution is 2.25. The Morgan fingerprint density at radius 3 is 2.68 bits per heavy atom. The largest absolute Gasteiger partial charge is 0.486 e. The SMILES string of the molecule is C=CCn1c(COc2ccccc2)nnc1SCC(=O)Nc1cc(C(=O)OC(C)C)ccc1Cl. The zero-order valence-electron chi connectivity index (χ0n) is 18.9. The molecular weight excluding hydrogens is 476 g/mol. The highest BCUT2D eigenvalue weighted by Gasteiger charge is 2.16. The molecule has 0 atom stereocenters. The lowest BCUT2D eigenvalue weighted by Crippen LogP contribution is -2.16. The van der Waals surface area contributed by atoms with Crippen LogP contribution in [0.15, 0.2) is 66.3 Å². The van der Waals surface area contributed by atoms with Crippen molar-refractivity contribution in [3.63, 3.8) is 0 Å². The number of anilines is 1. The topological polar surface area (TPSA) is 95.3 Å². The van der Waals surface area contributed by atoms with Crippen LogP contribution in [-0.2, 0) is 22.7 Å². The second kappa shape index (κ2) is 12.2. The van der Waals surface area contributed by atoms with Crippen molar-refractivity contribution in [2.24, 2.45) is 0 Å². The number of para-hydroxylation sites is 1. The second-order valence-electron chi connectivity index (χ2n) is 7.39. The van der Waals surface area contributed by atoms with Gasteiger partial charge >= 0.3 is 5.97 Å². The molecule has 1 heterocycles. The molecule has 0 saturated carbocycles. The Bertz CT molecular complexity index is 1150. The van der Waals surface area contributed by atoms with Crippen molar-refractivity contribution in [3.05, 3.63) is 77.6 Å². The van der Waals surface area contributed by atoms with Crippen LogP contribution in [0.4, 0.5) is 5.69 Å². The van der Waals surface area contributed by atoms with Gasteiger partial charge in [0, 0.05) is 6.54 Å². The van der Waals surface area contributed by atoms with E-state index in [1.54, 1.807) is 32.1 Å². The number of esters is 1. The molecule has 0 radical (unpaired) electrons. The van der Waals surface area contributed by atoms with Gasteiger partial charge in [-0.05, 0) is 44.2 Å². The minimum absolute atomic E-state index is 0.0613. The van der Waals surface area contributed by atoms with Crippen molar-refractivity contribution >= 4 is 40.9 Å². The molecule has 0 aliphatic carbocycles. The number of thioether (sulfide) groups is 1. The van der Waals surface area contributed by atoms with E-state index in [0.717, 1.165) is 5.75 Å². The highest BCUT2D eigenvalue weighted by molar-refractivity contribution is 7.99. The second-order valence-corrected chi connectivity index (χ2v) is 8.74. The Morgan fingerprint density at radius 1 is 1.21 bits per heavy atom. The van der Waals surface area contributed by atoms with Gasteiger partial charge in [-0.2, -0.15) is 0 Å². The fraction of sp³-hybridized carbons (Fsp3) is 0.250. The smallest absolute Gasteiger partial charge is 0.338 e. The summed E-state index contributed by atoms with van der Waals surface area (Å²) in [7, 11) is 0. The van der Waals surface area contributed by atoms with Crippen molar-refractivity contribution in [3.8, 4) is 5.75 Å². The van der Waals surface area contributed by atoms with Crippen LogP contribution in [0.3, 0.4) is 0 Å². The molecule has 10 heteroatoms. The summed E-state index contributed by atoms with van der Waals surface area (Å²) in [6.45, 7) is 8.00. The molecule has 0 bridgehead atoms. The van der Waals surface area contributed by atoms with Crippen molar-refractivity contribution < 1.29 is 19.1 Å². The summed E-state index contributed by atoms with van der Waals surface area (Å²) >= 11 is 7.42. The zero-order valence-corrected chi connectivity index (χ0v) is 20.4. The van der Waals surface area contributed by atoms with E-state index >= 15 is 0 Å². The van der Waals surface area contributed by atoms with Gasteiger partial charge in [0.1, 0.15) is 12.4 Å². The molecule has 0 fully saturated rings. The maximum Gasteiger partial charge on any atom is 0.338 e. The predicted octanol–water partition coefficient (Wildman–Crippen LogP) is 4.99. The number of rotatable bonds is 11. The van der Waals surface area contributed by atoms with E-state index in [2.05, 4.69) is 22.1 Å². The molecule has 8 nitrogen and oxygen atoms in total. The normalized spacial score (nSPS) is 10.7. The fourth-order valence-corrected chi connectivity index (χ4v) is 3.79. The summed E-state index contributed by atoms with van der Waals surface area (Å²) in [5, 5.41) is 12.0. The number of ether oxygens (including phenoxy) is 2. The average Bonchev–Trinajstić information content (AvgIpc) is 3.19. The molecule has 3 rings (SSSR count). The van der Waals surface area contributed by atoms with Crippen LogP contribution in [0.1, 0.15) is 30.0 Å². The maximum absolute atomic E-state index is 12.6. The van der Waals surface area contributed by atoms with Crippen LogP contribution in [-0.4, -0.2) is 38.5 Å². The first kappa shape index (κ1) is 25.3. The highest BCUT2D eigenvalue weighted by atomic mass is 35.5. The number of halogens is 1. The summed E-state index contributed by atoms with van der Waals surface area (Å²) in [5.41, 5.74) is 0.629. The number of carbonyl (C=O) groups is 2. The molecule has 0 aliphatic heterocycles. The minimum atomic E-state index is -0.487. The summed E-state index contributed by atoms with van der Waals surface area (Å²) < 4.78 is 12.8. The van der Waals surface area contributed by atoms with Crippen LogP contribution in [0, 0.1) is 0 Å². The van der Waals surface area contributed by atoms with E-state index in [-0.39, 0.29) is 24.4 Å². The lowest BCUT2D eigenvalue weighted by molar-refractivity contribution is -0.113. The summed E-state index contributed by atoms with van der Waals surface area (Å²) in [6.07, 6.45) is 1.47. The third-order valence-corrected chi connectivity index (χ3v) is 5.66. The fourth-order valence-electron chi connectivity index (χ4n) is 2.86. The number of carbonyl (C=O) groups excluding carboxylic acids is 2. The van der Waals surface area contributed by atoms with Crippen LogP contribution in [0.25, 0.3) is 0 Å². The quantitative estimate of drug-likeness (QED) is 0.225. The molecule has 0 unspecified atom stereocenters. The van der Waals surface area contributed by atoms with Gasteiger partial charge in [0.05, 0.1) is 28.1 Å². The Morgan fingerprint density at radius 2 is 1.97 bits per heavy atom. The number of nitrogens with one attached hydrogen (secondary N) is 1. The third kappa shape index (κ3) is 7.10. The first-order valence-electron chi connectivity index (χ1n) is 10.5. The van der Waals surface area contributed by atoms with Crippen molar-refractivity contribution in [1.82, 2.24) is 14.8 Å². The van der Waals surface area contributed by atoms with Crippen molar-refractivity contribution in [2.45, 2.75) is 38.3 Å². The molecule has 0 spiro atoms. The Hall–Kier alpha value is -3.30. The molecule has 0 aliphatic rings. The van der Waals surface area contributed by atoms with Crippen LogP contribution >= 0.6 is 23.4 Å². The molecular formula is C24H25ClN4O4S. The number of hydrogen-bond acceptors (Lipinski definition) is 7. The number of allylic oxidation sites excluding steroid dienone is 1. The minimum Gasteiger partial charge on any atom is -0.486 e. The van der Waals surface area contributed by atoms with E-state index in [1.165, 1.54) is 17.8 Å². The van der Waals surface area contributed by atoms with Crippen molar-refractivity contribution in [2.75, 3.05) is 11.1 Å². The first-order chi connectivity index (χ1) is 16.4. The van der Waals surface area contributed by atoms with Gasteiger partial charge in [-0.3, -0.25) is 9.36 Å². The number of amides is 1. The standard InChI is InChI=1S/C24H25ClN4O4S/c1-4-12-29-21(14-32-18-8-6-5-7-9-18)27-28-24(29)34-15-22(30)26-20-13-17(10-11-19(20)25)23(31)33-16(2)3/h4-11,13,16H,1,12,14-15H2,2-3H3,(H,26,30). The monoisotopic (exact) mass is 500 g/mol. The van der Waals surface area contributed by atoms with Gasteiger partial charge in [-0.25, -0.2) is 4.79 Å². The lowest BCUT2D eigenvalue weighted by atomic mass is 10.2. The number of hydrogen-bond donors (Lipinski definition) is 1. The molecule has 1 amide bonds. The Labute approximate surface area is 207 Å². The Balaban J connectivity index is 1.63. The van der Waals surface area contributed by atoms with E-state index in [9.17, 15) is 9.59 Å². The van der Waals surface area contributed by atoms with E-state index in [0.29, 0.717) is 33.8 Å². The van der Waals surface area contributed by atoms with Crippen LogP contribution < -0.4 is 10.1 Å². The average molecular weight is 501 g/mol.